The molecule has 0 unspecified atom stereocenters. The van der Waals surface area contributed by atoms with Crippen LogP contribution in [-0.2, 0) is 4.79 Å². The molecule has 7 nitrogen and oxygen atoms in total. The molecule has 1 aromatic rings. The van der Waals surface area contributed by atoms with E-state index < -0.39 is 0 Å². The summed E-state index contributed by atoms with van der Waals surface area (Å²) in [4.78, 5) is 33.3. The van der Waals surface area contributed by atoms with E-state index in [9.17, 15) is 9.59 Å². The van der Waals surface area contributed by atoms with E-state index in [1.54, 1.807) is 17.2 Å². The van der Waals surface area contributed by atoms with Gasteiger partial charge in [-0.3, -0.25) is 9.59 Å². The molecule has 26 heavy (non-hydrogen) atoms. The zero-order valence-corrected chi connectivity index (χ0v) is 16.2. The van der Waals surface area contributed by atoms with Crippen LogP contribution in [0.1, 0.15) is 49.9 Å². The molecule has 144 valence electrons. The number of anilines is 2. The average molecular weight is 361 g/mol. The fraction of sp³-hybridized carbons (Fsp3) is 0.632. The highest BCUT2D eigenvalue weighted by molar-refractivity contribution is 6.01. The van der Waals surface area contributed by atoms with Gasteiger partial charge in [0.15, 0.2) is 0 Å². The molecule has 7 heteroatoms. The average Bonchev–Trinajstić information content (AvgIpc) is 2.66. The van der Waals surface area contributed by atoms with E-state index in [1.165, 1.54) is 0 Å². The lowest BCUT2D eigenvalue weighted by Gasteiger charge is -2.30. The van der Waals surface area contributed by atoms with Crippen molar-refractivity contribution in [1.82, 2.24) is 15.2 Å². The number of unbranched alkanes of at least 4 members (excludes halogenated alkanes) is 1. The second-order valence-corrected chi connectivity index (χ2v) is 6.71. The Morgan fingerprint density at radius 1 is 1.27 bits per heavy atom. The van der Waals surface area contributed by atoms with Crippen molar-refractivity contribution in [2.24, 2.45) is 0 Å². The van der Waals surface area contributed by atoms with Crippen LogP contribution in [0.4, 0.5) is 11.5 Å². The predicted molar refractivity (Wildman–Crippen MR) is 105 cm³/mol. The monoisotopic (exact) mass is 361 g/mol. The number of hydrogen-bond donors (Lipinski definition) is 2. The topological polar surface area (TPSA) is 77.6 Å². The van der Waals surface area contributed by atoms with Gasteiger partial charge in [0.1, 0.15) is 5.82 Å². The summed E-state index contributed by atoms with van der Waals surface area (Å²) in [5, 5.41) is 6.16. The normalized spacial score (nSPS) is 14.2. The Kier molecular flexibility index (Phi) is 7.84. The molecule has 0 radical (unpaired) electrons. The van der Waals surface area contributed by atoms with Crippen LogP contribution in [0, 0.1) is 0 Å². The molecule has 1 aromatic heterocycles. The Bertz CT molecular complexity index is 614. The summed E-state index contributed by atoms with van der Waals surface area (Å²) in [5.41, 5.74) is 1.13. The van der Waals surface area contributed by atoms with Crippen molar-refractivity contribution >= 4 is 23.3 Å². The van der Waals surface area contributed by atoms with Gasteiger partial charge in [0.05, 0.1) is 17.4 Å². The van der Waals surface area contributed by atoms with Crippen LogP contribution in [0.15, 0.2) is 12.3 Å². The van der Waals surface area contributed by atoms with Gasteiger partial charge in [0.2, 0.25) is 5.91 Å². The van der Waals surface area contributed by atoms with Crippen LogP contribution in [0.5, 0.6) is 0 Å². The molecule has 1 aliphatic heterocycles. The third kappa shape index (κ3) is 5.42. The van der Waals surface area contributed by atoms with Crippen LogP contribution in [0.3, 0.4) is 0 Å². The first-order chi connectivity index (χ1) is 12.6. The number of hydrogen-bond acceptors (Lipinski definition) is 5. The zero-order valence-electron chi connectivity index (χ0n) is 16.2. The van der Waals surface area contributed by atoms with Gasteiger partial charge in [-0.15, -0.1) is 0 Å². The second kappa shape index (κ2) is 10.1. The molecule has 1 saturated heterocycles. The van der Waals surface area contributed by atoms with Crippen molar-refractivity contribution in [3.05, 3.63) is 17.8 Å². The Hall–Kier alpha value is -2.15. The predicted octanol–water partition coefficient (Wildman–Crippen LogP) is 2.10. The van der Waals surface area contributed by atoms with E-state index in [1.807, 2.05) is 14.0 Å². The van der Waals surface area contributed by atoms with Crippen molar-refractivity contribution in [2.45, 2.75) is 39.5 Å². The standard InChI is InChI=1S/C19H31N5O2/c1-4-6-10-23(3)19(26)16-13-15(22-17(25)7-5-2)14-21-18(16)24-11-8-20-9-12-24/h13-14,20H,4-12H2,1-3H3,(H,22,25). The quantitative estimate of drug-likeness (QED) is 0.741. The molecule has 0 bridgehead atoms. The van der Waals surface area contributed by atoms with Crippen LogP contribution < -0.4 is 15.5 Å². The lowest BCUT2D eigenvalue weighted by atomic mass is 10.1. The minimum atomic E-state index is -0.0537. The first-order valence-corrected chi connectivity index (χ1v) is 9.57. The molecule has 0 saturated carbocycles. The van der Waals surface area contributed by atoms with Crippen molar-refractivity contribution in [2.75, 3.05) is 50.0 Å². The number of carbonyl (C=O) groups excluding carboxylic acids is 2. The molecule has 0 aromatic carbocycles. The van der Waals surface area contributed by atoms with Gasteiger partial charge in [-0.05, 0) is 18.9 Å². The maximum absolute atomic E-state index is 13.0. The first kappa shape index (κ1) is 20.2. The van der Waals surface area contributed by atoms with Crippen LogP contribution in [0.2, 0.25) is 0 Å². The number of carbonyl (C=O) groups is 2. The molecule has 1 fully saturated rings. The maximum atomic E-state index is 13.0. The summed E-state index contributed by atoms with van der Waals surface area (Å²) in [6.07, 6.45) is 4.88. The summed E-state index contributed by atoms with van der Waals surface area (Å²) in [5.74, 6) is 0.598. The number of pyridine rings is 1. The highest BCUT2D eigenvalue weighted by atomic mass is 16.2. The smallest absolute Gasteiger partial charge is 0.257 e. The molecule has 0 atom stereocenters. The first-order valence-electron chi connectivity index (χ1n) is 9.57. The summed E-state index contributed by atoms with van der Waals surface area (Å²) in [6.45, 7) is 8.15. The molecule has 2 N–H and O–H groups in total. The van der Waals surface area contributed by atoms with E-state index in [2.05, 4.69) is 27.4 Å². The Labute approximate surface area is 156 Å². The number of rotatable bonds is 8. The summed E-state index contributed by atoms with van der Waals surface area (Å²) in [6, 6.07) is 1.77. The summed E-state index contributed by atoms with van der Waals surface area (Å²) >= 11 is 0. The molecule has 2 heterocycles. The summed E-state index contributed by atoms with van der Waals surface area (Å²) < 4.78 is 0. The largest absolute Gasteiger partial charge is 0.353 e. The Morgan fingerprint density at radius 3 is 2.65 bits per heavy atom. The van der Waals surface area contributed by atoms with E-state index in [0.717, 1.165) is 45.4 Å². The molecule has 2 amide bonds. The second-order valence-electron chi connectivity index (χ2n) is 6.71. The van der Waals surface area contributed by atoms with Crippen molar-refractivity contribution in [3.8, 4) is 0 Å². The van der Waals surface area contributed by atoms with Gasteiger partial charge in [-0.25, -0.2) is 4.98 Å². The maximum Gasteiger partial charge on any atom is 0.257 e. The Balaban J connectivity index is 2.28. The molecule has 0 spiro atoms. The molecular weight excluding hydrogens is 330 g/mol. The lowest BCUT2D eigenvalue weighted by Crippen LogP contribution is -2.45. The minimum Gasteiger partial charge on any atom is -0.353 e. The number of amides is 2. The highest BCUT2D eigenvalue weighted by Gasteiger charge is 2.23. The molecular formula is C19H31N5O2. The third-order valence-corrected chi connectivity index (χ3v) is 4.47. The summed E-state index contributed by atoms with van der Waals surface area (Å²) in [7, 11) is 1.82. The third-order valence-electron chi connectivity index (χ3n) is 4.47. The van der Waals surface area contributed by atoms with Gasteiger partial charge >= 0.3 is 0 Å². The van der Waals surface area contributed by atoms with E-state index in [4.69, 9.17) is 0 Å². The number of nitrogens with zero attached hydrogens (tertiary/aromatic N) is 3. The fourth-order valence-electron chi connectivity index (χ4n) is 2.96. The SMILES string of the molecule is CCCCN(C)C(=O)c1cc(NC(=O)CCC)cnc1N1CCNCC1. The van der Waals surface area contributed by atoms with Crippen LogP contribution >= 0.6 is 0 Å². The van der Waals surface area contributed by atoms with E-state index in [0.29, 0.717) is 30.0 Å². The lowest BCUT2D eigenvalue weighted by molar-refractivity contribution is -0.116. The number of nitrogens with one attached hydrogen (secondary N) is 2. The highest BCUT2D eigenvalue weighted by Crippen LogP contribution is 2.23. The Morgan fingerprint density at radius 2 is 2.00 bits per heavy atom. The molecule has 2 rings (SSSR count). The van der Waals surface area contributed by atoms with Gasteiger partial charge < -0.3 is 20.4 Å². The van der Waals surface area contributed by atoms with Crippen molar-refractivity contribution in [3.63, 3.8) is 0 Å². The van der Waals surface area contributed by atoms with Gasteiger partial charge in [0, 0.05) is 46.2 Å². The van der Waals surface area contributed by atoms with Crippen molar-refractivity contribution < 1.29 is 9.59 Å². The van der Waals surface area contributed by atoms with Gasteiger partial charge in [0.25, 0.3) is 5.91 Å². The number of piperazine rings is 1. The van der Waals surface area contributed by atoms with Crippen molar-refractivity contribution in [1.29, 1.82) is 0 Å². The fourth-order valence-corrected chi connectivity index (χ4v) is 2.96. The van der Waals surface area contributed by atoms with Gasteiger partial charge in [-0.2, -0.15) is 0 Å². The molecule has 0 aliphatic carbocycles. The number of aromatic nitrogens is 1. The van der Waals surface area contributed by atoms with Crippen LogP contribution in [-0.4, -0.2) is 61.5 Å². The minimum absolute atomic E-state index is 0.0499. The zero-order chi connectivity index (χ0) is 18.9. The van der Waals surface area contributed by atoms with Gasteiger partial charge in [-0.1, -0.05) is 20.3 Å². The molecule has 1 aliphatic rings. The van der Waals surface area contributed by atoms with E-state index >= 15 is 0 Å². The van der Waals surface area contributed by atoms with E-state index in [-0.39, 0.29) is 11.8 Å². The van der Waals surface area contributed by atoms with Crippen LogP contribution in [0.25, 0.3) is 0 Å².